The molecule has 0 saturated heterocycles. The number of aryl methyl sites for hydroxylation is 2. The van der Waals surface area contributed by atoms with Gasteiger partial charge in [0.25, 0.3) is 5.91 Å². The molecule has 2 rings (SSSR count). The van der Waals surface area contributed by atoms with Crippen LogP contribution >= 0.6 is 0 Å². The summed E-state index contributed by atoms with van der Waals surface area (Å²) in [6.07, 6.45) is 0.0888. The third kappa shape index (κ3) is 5.76. The number of carbonyl (C=O) groups is 2. The van der Waals surface area contributed by atoms with Crippen molar-refractivity contribution in [3.63, 3.8) is 0 Å². The van der Waals surface area contributed by atoms with E-state index in [2.05, 4.69) is 5.32 Å². The standard InChI is InChI=1S/C19H21NO4/c1-14-7-9-16(10-8-14)23-12-11-19(22)24-13-18(21)20-17-6-4-3-5-15(17)2/h3-10H,11-13H2,1-2H3,(H,20,21). The molecule has 0 spiro atoms. The minimum absolute atomic E-state index is 0.0888. The second-order valence-electron chi connectivity index (χ2n) is 5.44. The van der Waals surface area contributed by atoms with Gasteiger partial charge in [-0.25, -0.2) is 0 Å². The number of hydrogen-bond acceptors (Lipinski definition) is 4. The maximum absolute atomic E-state index is 11.8. The number of esters is 1. The number of anilines is 1. The van der Waals surface area contributed by atoms with Gasteiger partial charge in [0, 0.05) is 5.69 Å². The number of rotatable bonds is 7. The summed E-state index contributed by atoms with van der Waals surface area (Å²) in [5.41, 5.74) is 2.80. The van der Waals surface area contributed by atoms with E-state index in [1.54, 1.807) is 6.07 Å². The molecule has 0 heterocycles. The van der Waals surface area contributed by atoms with Gasteiger partial charge in [0.05, 0.1) is 13.0 Å². The van der Waals surface area contributed by atoms with Gasteiger partial charge in [-0.1, -0.05) is 35.9 Å². The van der Waals surface area contributed by atoms with Crippen molar-refractivity contribution in [1.29, 1.82) is 0 Å². The molecular formula is C19H21NO4. The zero-order valence-electron chi connectivity index (χ0n) is 13.9. The molecule has 0 saturated carbocycles. The van der Waals surface area contributed by atoms with E-state index in [0.29, 0.717) is 11.4 Å². The van der Waals surface area contributed by atoms with Crippen molar-refractivity contribution < 1.29 is 19.1 Å². The fraction of sp³-hybridized carbons (Fsp3) is 0.263. The molecule has 0 aliphatic rings. The summed E-state index contributed by atoms with van der Waals surface area (Å²) in [6.45, 7) is 3.78. The van der Waals surface area contributed by atoms with Crippen molar-refractivity contribution in [3.05, 3.63) is 59.7 Å². The molecular weight excluding hydrogens is 306 g/mol. The third-order valence-electron chi connectivity index (χ3n) is 3.38. The molecule has 0 aliphatic carbocycles. The van der Waals surface area contributed by atoms with Gasteiger partial charge in [-0.2, -0.15) is 0 Å². The normalized spacial score (nSPS) is 10.1. The maximum atomic E-state index is 11.8. The van der Waals surface area contributed by atoms with Crippen molar-refractivity contribution in [3.8, 4) is 5.75 Å². The monoisotopic (exact) mass is 327 g/mol. The van der Waals surface area contributed by atoms with Crippen LogP contribution in [0.5, 0.6) is 5.75 Å². The lowest BCUT2D eigenvalue weighted by Crippen LogP contribution is -2.22. The Morgan fingerprint density at radius 1 is 1.00 bits per heavy atom. The van der Waals surface area contributed by atoms with Crippen LogP contribution in [0.2, 0.25) is 0 Å². The van der Waals surface area contributed by atoms with Crippen molar-refractivity contribution in [2.45, 2.75) is 20.3 Å². The van der Waals surface area contributed by atoms with Crippen LogP contribution in [0.4, 0.5) is 5.69 Å². The van der Waals surface area contributed by atoms with Gasteiger partial charge in [0.1, 0.15) is 5.75 Å². The minimum Gasteiger partial charge on any atom is -0.493 e. The van der Waals surface area contributed by atoms with Crippen LogP contribution < -0.4 is 10.1 Å². The number of amides is 1. The molecule has 0 unspecified atom stereocenters. The van der Waals surface area contributed by atoms with Crippen LogP contribution in [0.15, 0.2) is 48.5 Å². The first kappa shape index (κ1) is 17.5. The number of benzene rings is 2. The summed E-state index contributed by atoms with van der Waals surface area (Å²) < 4.78 is 10.4. The highest BCUT2D eigenvalue weighted by Gasteiger charge is 2.09. The Balaban J connectivity index is 1.66. The number of para-hydroxylation sites is 1. The first-order valence-corrected chi connectivity index (χ1v) is 7.75. The highest BCUT2D eigenvalue weighted by Crippen LogP contribution is 2.13. The summed E-state index contributed by atoms with van der Waals surface area (Å²) in [5.74, 6) is -0.134. The molecule has 1 amide bonds. The largest absolute Gasteiger partial charge is 0.493 e. The molecule has 0 fully saturated rings. The van der Waals surface area contributed by atoms with Crippen molar-refractivity contribution in [1.82, 2.24) is 0 Å². The first-order chi connectivity index (χ1) is 11.5. The van der Waals surface area contributed by atoms with E-state index >= 15 is 0 Å². The van der Waals surface area contributed by atoms with Gasteiger partial charge in [-0.3, -0.25) is 9.59 Å². The number of hydrogen-bond donors (Lipinski definition) is 1. The van der Waals surface area contributed by atoms with E-state index in [1.807, 2.05) is 56.3 Å². The summed E-state index contributed by atoms with van der Waals surface area (Å²) in [7, 11) is 0. The molecule has 2 aromatic carbocycles. The fourth-order valence-electron chi connectivity index (χ4n) is 2.00. The molecule has 0 atom stereocenters. The number of nitrogens with one attached hydrogen (secondary N) is 1. The quantitative estimate of drug-likeness (QED) is 0.793. The lowest BCUT2D eigenvalue weighted by molar-refractivity contribution is -0.147. The van der Waals surface area contributed by atoms with Gasteiger partial charge in [0.2, 0.25) is 0 Å². The molecule has 0 radical (unpaired) electrons. The SMILES string of the molecule is Cc1ccc(OCCC(=O)OCC(=O)Nc2ccccc2C)cc1. The lowest BCUT2D eigenvalue weighted by atomic mass is 10.2. The molecule has 1 N–H and O–H groups in total. The van der Waals surface area contributed by atoms with E-state index in [-0.39, 0.29) is 25.5 Å². The molecule has 5 nitrogen and oxygen atoms in total. The molecule has 2 aromatic rings. The van der Waals surface area contributed by atoms with Crippen molar-refractivity contribution in [2.24, 2.45) is 0 Å². The zero-order chi connectivity index (χ0) is 17.4. The highest BCUT2D eigenvalue weighted by molar-refractivity contribution is 5.93. The van der Waals surface area contributed by atoms with E-state index in [9.17, 15) is 9.59 Å². The van der Waals surface area contributed by atoms with Gasteiger partial charge in [0.15, 0.2) is 6.61 Å². The number of ether oxygens (including phenoxy) is 2. The predicted octanol–water partition coefficient (Wildman–Crippen LogP) is 3.25. The minimum atomic E-state index is -0.470. The second-order valence-corrected chi connectivity index (χ2v) is 5.44. The summed E-state index contributed by atoms with van der Waals surface area (Å²) >= 11 is 0. The average molecular weight is 327 g/mol. The summed E-state index contributed by atoms with van der Waals surface area (Å²) in [4.78, 5) is 23.4. The fourth-order valence-corrected chi connectivity index (χ4v) is 2.00. The van der Waals surface area contributed by atoms with Gasteiger partial charge in [-0.05, 0) is 37.6 Å². The first-order valence-electron chi connectivity index (χ1n) is 7.75. The van der Waals surface area contributed by atoms with Crippen LogP contribution in [0.3, 0.4) is 0 Å². The van der Waals surface area contributed by atoms with Gasteiger partial charge < -0.3 is 14.8 Å². The van der Waals surface area contributed by atoms with Crippen LogP contribution in [0.25, 0.3) is 0 Å². The van der Waals surface area contributed by atoms with Crippen molar-refractivity contribution >= 4 is 17.6 Å². The molecule has 24 heavy (non-hydrogen) atoms. The Kier molecular flexibility index (Phi) is 6.37. The van der Waals surface area contributed by atoms with Crippen LogP contribution in [-0.4, -0.2) is 25.1 Å². The third-order valence-corrected chi connectivity index (χ3v) is 3.38. The number of carbonyl (C=O) groups excluding carboxylic acids is 2. The van der Waals surface area contributed by atoms with Gasteiger partial charge >= 0.3 is 5.97 Å². The highest BCUT2D eigenvalue weighted by atomic mass is 16.5. The Morgan fingerprint density at radius 3 is 2.42 bits per heavy atom. The Bertz CT molecular complexity index is 695. The summed E-state index contributed by atoms with van der Waals surface area (Å²) in [6, 6.07) is 15.0. The molecule has 0 aliphatic heterocycles. The van der Waals surface area contributed by atoms with E-state index in [1.165, 1.54) is 0 Å². The van der Waals surface area contributed by atoms with E-state index in [0.717, 1.165) is 11.1 Å². The molecule has 5 heteroatoms. The molecule has 126 valence electrons. The second kappa shape index (κ2) is 8.72. The predicted molar refractivity (Wildman–Crippen MR) is 92.1 cm³/mol. The molecule has 0 aromatic heterocycles. The van der Waals surface area contributed by atoms with Crippen molar-refractivity contribution in [2.75, 3.05) is 18.5 Å². The Labute approximate surface area is 141 Å². The van der Waals surface area contributed by atoms with E-state index in [4.69, 9.17) is 9.47 Å². The zero-order valence-corrected chi connectivity index (χ0v) is 13.9. The summed E-state index contributed by atoms with van der Waals surface area (Å²) in [5, 5.41) is 2.71. The average Bonchev–Trinajstić information content (AvgIpc) is 2.57. The van der Waals surface area contributed by atoms with E-state index < -0.39 is 5.97 Å². The Morgan fingerprint density at radius 2 is 1.71 bits per heavy atom. The van der Waals surface area contributed by atoms with Gasteiger partial charge in [-0.15, -0.1) is 0 Å². The topological polar surface area (TPSA) is 64.6 Å². The van der Waals surface area contributed by atoms with Crippen LogP contribution in [-0.2, 0) is 14.3 Å². The maximum Gasteiger partial charge on any atom is 0.309 e. The molecule has 0 bridgehead atoms. The smallest absolute Gasteiger partial charge is 0.309 e. The van der Waals surface area contributed by atoms with Crippen LogP contribution in [0, 0.1) is 13.8 Å². The Hall–Kier alpha value is -2.82. The van der Waals surface area contributed by atoms with Crippen LogP contribution in [0.1, 0.15) is 17.5 Å². The lowest BCUT2D eigenvalue weighted by Gasteiger charge is -2.09.